The van der Waals surface area contributed by atoms with Crippen LogP contribution in [0.2, 0.25) is 0 Å². The predicted octanol–water partition coefficient (Wildman–Crippen LogP) is -0.129. The van der Waals surface area contributed by atoms with Crippen molar-refractivity contribution in [1.82, 2.24) is 5.32 Å². The number of ether oxygens (including phenoxy) is 1. The number of piperidine rings is 1. The van der Waals surface area contributed by atoms with Gasteiger partial charge in [0.2, 0.25) is 0 Å². The van der Waals surface area contributed by atoms with E-state index in [4.69, 9.17) is 4.74 Å². The number of hydrogen-bond donors (Lipinski definition) is 1. The molecule has 0 aromatic carbocycles. The summed E-state index contributed by atoms with van der Waals surface area (Å²) in [7, 11) is 0. The Morgan fingerprint density at radius 2 is 2.50 bits per heavy atom. The van der Waals surface area contributed by atoms with Crippen LogP contribution in [-0.2, 0) is 14.3 Å². The molecule has 4 nitrogen and oxygen atoms in total. The van der Waals surface area contributed by atoms with Crippen LogP contribution in [0.15, 0.2) is 0 Å². The quantitative estimate of drug-likeness (QED) is 0.588. The predicted molar refractivity (Wildman–Crippen MR) is 42.7 cm³/mol. The van der Waals surface area contributed by atoms with Crippen molar-refractivity contribution in [3.63, 3.8) is 0 Å². The van der Waals surface area contributed by atoms with Gasteiger partial charge in [0, 0.05) is 25.9 Å². The van der Waals surface area contributed by atoms with Crippen LogP contribution < -0.4 is 5.32 Å². The summed E-state index contributed by atoms with van der Waals surface area (Å²) in [6.45, 7) is 2.87. The van der Waals surface area contributed by atoms with E-state index in [0.717, 1.165) is 0 Å². The normalized spacial score (nSPS) is 23.8. The van der Waals surface area contributed by atoms with Crippen LogP contribution in [0, 0.1) is 0 Å². The van der Waals surface area contributed by atoms with Gasteiger partial charge in [0.15, 0.2) is 11.9 Å². The summed E-state index contributed by atoms with van der Waals surface area (Å²) in [5, 5.41) is 3.00. The Labute approximate surface area is 71.3 Å². The number of hydrogen-bond acceptors (Lipinski definition) is 4. The third-order valence-corrected chi connectivity index (χ3v) is 1.80. The maximum Gasteiger partial charge on any atom is 0.306 e. The molecular weight excluding hydrogens is 158 g/mol. The van der Waals surface area contributed by atoms with Crippen molar-refractivity contribution >= 4 is 11.8 Å². The molecule has 1 saturated heterocycles. The third-order valence-electron chi connectivity index (χ3n) is 1.80. The Bertz CT molecular complexity index is 191. The monoisotopic (exact) mass is 171 g/mol. The molecule has 1 heterocycles. The largest absolute Gasteiger partial charge is 0.453 e. The lowest BCUT2D eigenvalue weighted by Gasteiger charge is -2.21. The molecule has 0 aromatic rings. The number of carbonyl (C=O) groups is 2. The number of Topliss-reactive ketones (excluding diaryl/α,β-unsaturated/α-hetero) is 1. The minimum absolute atomic E-state index is 0.0237. The van der Waals surface area contributed by atoms with Crippen LogP contribution in [0.3, 0.4) is 0 Å². The van der Waals surface area contributed by atoms with Crippen LogP contribution in [0.5, 0.6) is 0 Å². The lowest BCUT2D eigenvalue weighted by Crippen LogP contribution is -2.43. The van der Waals surface area contributed by atoms with Crippen molar-refractivity contribution in [1.29, 1.82) is 0 Å². The van der Waals surface area contributed by atoms with Crippen molar-refractivity contribution in [2.45, 2.75) is 25.9 Å². The lowest BCUT2D eigenvalue weighted by atomic mass is 10.1. The summed E-state index contributed by atoms with van der Waals surface area (Å²) in [6, 6.07) is 0. The second kappa shape index (κ2) is 4.21. The van der Waals surface area contributed by atoms with Gasteiger partial charge in [0.25, 0.3) is 0 Å². The van der Waals surface area contributed by atoms with Gasteiger partial charge in [-0.2, -0.15) is 0 Å². The zero-order valence-electron chi connectivity index (χ0n) is 7.13. The number of rotatable bonds is 2. The zero-order valence-corrected chi connectivity index (χ0v) is 7.13. The maximum absolute atomic E-state index is 11.1. The first-order chi connectivity index (χ1) is 5.74. The molecule has 1 fully saturated rings. The van der Waals surface area contributed by atoms with Crippen LogP contribution in [0.25, 0.3) is 0 Å². The first kappa shape index (κ1) is 9.19. The molecule has 1 unspecified atom stereocenters. The molecule has 0 aromatic heterocycles. The smallest absolute Gasteiger partial charge is 0.306 e. The van der Waals surface area contributed by atoms with Gasteiger partial charge < -0.3 is 10.1 Å². The van der Waals surface area contributed by atoms with E-state index in [1.165, 1.54) is 0 Å². The van der Waals surface area contributed by atoms with Crippen LogP contribution >= 0.6 is 0 Å². The number of carbonyl (C=O) groups excluding carboxylic acids is 2. The fourth-order valence-electron chi connectivity index (χ4n) is 1.07. The highest BCUT2D eigenvalue weighted by atomic mass is 16.5. The van der Waals surface area contributed by atoms with Crippen LogP contribution in [0.4, 0.5) is 0 Å². The van der Waals surface area contributed by atoms with E-state index in [-0.39, 0.29) is 11.8 Å². The van der Waals surface area contributed by atoms with Gasteiger partial charge in [-0.3, -0.25) is 9.59 Å². The number of nitrogens with one attached hydrogen (secondary N) is 1. The topological polar surface area (TPSA) is 55.4 Å². The summed E-state index contributed by atoms with van der Waals surface area (Å²) in [5.41, 5.74) is 0. The fraction of sp³-hybridized carbons (Fsp3) is 0.750. The number of esters is 1. The summed E-state index contributed by atoms with van der Waals surface area (Å²) in [6.07, 6.45) is 0.233. The van der Waals surface area contributed by atoms with Gasteiger partial charge >= 0.3 is 5.97 Å². The van der Waals surface area contributed by atoms with E-state index >= 15 is 0 Å². The van der Waals surface area contributed by atoms with Crippen LogP contribution in [0.1, 0.15) is 19.8 Å². The summed E-state index contributed by atoms with van der Waals surface area (Å²) < 4.78 is 4.90. The standard InChI is InChI=1S/C8H13NO3/c1-2-8(11)12-7-5-9-4-3-6(7)10/h7,9H,2-5H2,1H3. The molecule has 1 aliphatic heterocycles. The zero-order chi connectivity index (χ0) is 8.97. The molecule has 0 radical (unpaired) electrons. The first-order valence-electron chi connectivity index (χ1n) is 4.17. The van der Waals surface area contributed by atoms with E-state index in [0.29, 0.717) is 25.9 Å². The van der Waals surface area contributed by atoms with Crippen LogP contribution in [-0.4, -0.2) is 30.9 Å². The Morgan fingerprint density at radius 1 is 1.75 bits per heavy atom. The minimum Gasteiger partial charge on any atom is -0.453 e. The second-order valence-electron chi connectivity index (χ2n) is 2.75. The van der Waals surface area contributed by atoms with E-state index < -0.39 is 6.10 Å². The summed E-state index contributed by atoms with van der Waals surface area (Å²) in [5.74, 6) is -0.285. The summed E-state index contributed by atoms with van der Waals surface area (Å²) in [4.78, 5) is 22.0. The molecule has 0 amide bonds. The fourth-order valence-corrected chi connectivity index (χ4v) is 1.07. The lowest BCUT2D eigenvalue weighted by molar-refractivity contribution is -0.155. The van der Waals surface area contributed by atoms with Gasteiger partial charge in [-0.25, -0.2) is 0 Å². The molecule has 1 atom stereocenters. The van der Waals surface area contributed by atoms with Crippen molar-refractivity contribution < 1.29 is 14.3 Å². The molecule has 1 N–H and O–H groups in total. The molecule has 1 rings (SSSR count). The Balaban J connectivity index is 2.39. The highest BCUT2D eigenvalue weighted by Crippen LogP contribution is 2.03. The average Bonchev–Trinajstić information content (AvgIpc) is 2.09. The van der Waals surface area contributed by atoms with E-state index in [1.54, 1.807) is 6.92 Å². The van der Waals surface area contributed by atoms with Gasteiger partial charge in [0.1, 0.15) is 0 Å². The SMILES string of the molecule is CCC(=O)OC1CNCCC1=O. The average molecular weight is 171 g/mol. The highest BCUT2D eigenvalue weighted by molar-refractivity contribution is 5.86. The molecule has 4 heteroatoms. The van der Waals surface area contributed by atoms with Gasteiger partial charge in [-0.05, 0) is 0 Å². The van der Waals surface area contributed by atoms with E-state index in [9.17, 15) is 9.59 Å². The molecule has 68 valence electrons. The molecule has 0 aliphatic carbocycles. The van der Waals surface area contributed by atoms with Gasteiger partial charge in [-0.1, -0.05) is 6.92 Å². The Morgan fingerprint density at radius 3 is 3.08 bits per heavy atom. The minimum atomic E-state index is -0.550. The van der Waals surface area contributed by atoms with Gasteiger partial charge in [0.05, 0.1) is 0 Å². The maximum atomic E-state index is 11.1. The highest BCUT2D eigenvalue weighted by Gasteiger charge is 2.24. The molecular formula is C8H13NO3. The Kier molecular flexibility index (Phi) is 3.22. The van der Waals surface area contributed by atoms with Crippen molar-refractivity contribution in [2.75, 3.05) is 13.1 Å². The second-order valence-corrected chi connectivity index (χ2v) is 2.75. The van der Waals surface area contributed by atoms with Gasteiger partial charge in [-0.15, -0.1) is 0 Å². The molecule has 1 aliphatic rings. The van der Waals surface area contributed by atoms with Crippen molar-refractivity contribution in [2.24, 2.45) is 0 Å². The molecule has 0 spiro atoms. The van der Waals surface area contributed by atoms with Crippen molar-refractivity contribution in [3.8, 4) is 0 Å². The molecule has 0 saturated carbocycles. The Hall–Kier alpha value is -0.900. The number of ketones is 1. The molecule has 12 heavy (non-hydrogen) atoms. The first-order valence-corrected chi connectivity index (χ1v) is 4.17. The third kappa shape index (κ3) is 2.30. The van der Waals surface area contributed by atoms with E-state index in [1.807, 2.05) is 0 Å². The van der Waals surface area contributed by atoms with Crippen molar-refractivity contribution in [3.05, 3.63) is 0 Å². The van der Waals surface area contributed by atoms with E-state index in [2.05, 4.69) is 5.32 Å². The molecule has 0 bridgehead atoms. The summed E-state index contributed by atoms with van der Waals surface area (Å²) >= 11 is 0.